The van der Waals surface area contributed by atoms with Gasteiger partial charge < -0.3 is 20.5 Å². The molecule has 2 aliphatic rings. The SMILES string of the molecule is COC(=O)/C=C(/C)NC(C(=O)NC1C(=O)N2C(C(=O)O)=C(Cl)CCC12)c1ccccc1. The Labute approximate surface area is 183 Å². The van der Waals surface area contributed by atoms with E-state index in [2.05, 4.69) is 15.4 Å². The number of methoxy groups -OCH3 is 1. The Morgan fingerprint density at radius 2 is 1.97 bits per heavy atom. The fourth-order valence-electron chi connectivity index (χ4n) is 3.70. The number of carbonyl (C=O) groups excluding carboxylic acids is 3. The molecule has 0 spiro atoms. The van der Waals surface area contributed by atoms with Gasteiger partial charge in [-0.2, -0.15) is 0 Å². The molecule has 3 rings (SSSR count). The molecule has 3 unspecified atom stereocenters. The van der Waals surface area contributed by atoms with Crippen LogP contribution < -0.4 is 10.6 Å². The zero-order valence-electron chi connectivity index (χ0n) is 16.9. The lowest BCUT2D eigenvalue weighted by atomic mass is 9.86. The van der Waals surface area contributed by atoms with Crippen LogP contribution in [0.3, 0.4) is 0 Å². The third-order valence-electron chi connectivity index (χ3n) is 5.18. The number of carboxylic acids is 1. The van der Waals surface area contributed by atoms with Crippen molar-refractivity contribution in [1.82, 2.24) is 15.5 Å². The van der Waals surface area contributed by atoms with Crippen LogP contribution >= 0.6 is 11.6 Å². The third-order valence-corrected chi connectivity index (χ3v) is 5.55. The second-order valence-corrected chi connectivity index (χ2v) is 7.65. The van der Waals surface area contributed by atoms with E-state index in [1.54, 1.807) is 37.3 Å². The van der Waals surface area contributed by atoms with E-state index in [0.717, 1.165) is 4.90 Å². The number of fused-ring (bicyclic) bond motifs is 1. The predicted octanol–water partition coefficient (Wildman–Crippen LogP) is 1.42. The Morgan fingerprint density at radius 1 is 1.29 bits per heavy atom. The number of β-lactam (4-membered cyclic amide) rings is 1. The van der Waals surface area contributed by atoms with Crippen molar-refractivity contribution in [1.29, 1.82) is 0 Å². The van der Waals surface area contributed by atoms with Crippen molar-refractivity contribution in [2.24, 2.45) is 0 Å². The average molecular weight is 448 g/mol. The quantitative estimate of drug-likeness (QED) is 0.328. The lowest BCUT2D eigenvalue weighted by molar-refractivity contribution is -0.156. The minimum atomic E-state index is -1.28. The molecule has 2 amide bonds. The number of aliphatic carboxylic acids is 1. The Hall–Kier alpha value is -3.33. The summed E-state index contributed by atoms with van der Waals surface area (Å²) in [5.74, 6) is -2.86. The molecule has 0 radical (unpaired) electrons. The van der Waals surface area contributed by atoms with Gasteiger partial charge in [-0.3, -0.25) is 14.5 Å². The fraction of sp³-hybridized carbons (Fsp3) is 0.333. The summed E-state index contributed by atoms with van der Waals surface area (Å²) < 4.78 is 4.60. The zero-order valence-corrected chi connectivity index (χ0v) is 17.7. The zero-order chi connectivity index (χ0) is 22.7. The van der Waals surface area contributed by atoms with E-state index in [4.69, 9.17) is 11.6 Å². The molecule has 164 valence electrons. The molecule has 0 aliphatic carbocycles. The van der Waals surface area contributed by atoms with Gasteiger partial charge in [-0.15, -0.1) is 0 Å². The summed E-state index contributed by atoms with van der Waals surface area (Å²) in [6, 6.07) is 6.59. The highest BCUT2D eigenvalue weighted by molar-refractivity contribution is 6.32. The van der Waals surface area contributed by atoms with Gasteiger partial charge in [0.2, 0.25) is 5.91 Å². The Balaban J connectivity index is 1.79. The molecule has 1 fully saturated rings. The maximum Gasteiger partial charge on any atom is 0.353 e. The number of carboxylic acid groups (broad SMARTS) is 1. The number of allylic oxidation sites excluding steroid dienone is 2. The molecule has 10 heteroatoms. The molecule has 0 bridgehead atoms. The van der Waals surface area contributed by atoms with E-state index < -0.39 is 41.9 Å². The largest absolute Gasteiger partial charge is 0.477 e. The van der Waals surface area contributed by atoms with Crippen LogP contribution in [-0.2, 0) is 23.9 Å². The van der Waals surface area contributed by atoms with E-state index >= 15 is 0 Å². The van der Waals surface area contributed by atoms with Gasteiger partial charge in [0.05, 0.1) is 13.2 Å². The second kappa shape index (κ2) is 9.22. The molecule has 3 atom stereocenters. The molecule has 3 N–H and O–H groups in total. The average Bonchev–Trinajstić information content (AvgIpc) is 2.75. The lowest BCUT2D eigenvalue weighted by Crippen LogP contribution is -2.72. The van der Waals surface area contributed by atoms with Crippen molar-refractivity contribution in [3.05, 3.63) is 58.4 Å². The van der Waals surface area contributed by atoms with Gasteiger partial charge in [0.15, 0.2) is 0 Å². The summed E-state index contributed by atoms with van der Waals surface area (Å²) in [5.41, 5.74) is 0.792. The van der Waals surface area contributed by atoms with Crippen molar-refractivity contribution in [3.8, 4) is 0 Å². The van der Waals surface area contributed by atoms with Crippen molar-refractivity contribution in [2.75, 3.05) is 7.11 Å². The number of nitrogens with zero attached hydrogens (tertiary/aromatic N) is 1. The van der Waals surface area contributed by atoms with Crippen LogP contribution in [0.1, 0.15) is 31.4 Å². The number of esters is 1. The minimum absolute atomic E-state index is 0.120. The van der Waals surface area contributed by atoms with Gasteiger partial charge in [-0.05, 0) is 25.3 Å². The van der Waals surface area contributed by atoms with Crippen LogP contribution in [0.4, 0.5) is 0 Å². The highest BCUT2D eigenvalue weighted by Crippen LogP contribution is 2.38. The van der Waals surface area contributed by atoms with Crippen LogP contribution in [0.5, 0.6) is 0 Å². The molecule has 9 nitrogen and oxygen atoms in total. The maximum atomic E-state index is 13.1. The Bertz CT molecular complexity index is 975. The van der Waals surface area contributed by atoms with E-state index in [9.17, 15) is 24.3 Å². The third kappa shape index (κ3) is 4.56. The predicted molar refractivity (Wildman–Crippen MR) is 110 cm³/mol. The van der Waals surface area contributed by atoms with Gasteiger partial charge in [-0.1, -0.05) is 41.9 Å². The lowest BCUT2D eigenvalue weighted by Gasteiger charge is -2.49. The van der Waals surface area contributed by atoms with Crippen LogP contribution in [0, 0.1) is 0 Å². The molecule has 1 aromatic rings. The number of halogens is 1. The smallest absolute Gasteiger partial charge is 0.353 e. The molecule has 2 heterocycles. The highest BCUT2D eigenvalue weighted by Gasteiger charge is 2.53. The standard InChI is InChI=1S/C21H22ClN3O6/c1-11(10-15(26)31-2)23-16(12-6-4-3-5-7-12)19(27)24-17-14-9-8-13(22)18(21(29)30)25(14)20(17)28/h3-7,10,14,16-17,23H,8-9H2,1-2H3,(H,24,27)(H,29,30)/b11-10-. The topological polar surface area (TPSA) is 125 Å². The second-order valence-electron chi connectivity index (χ2n) is 7.20. The van der Waals surface area contributed by atoms with Crippen LogP contribution in [-0.4, -0.2) is 53.0 Å². The number of nitrogens with one attached hydrogen (secondary N) is 2. The van der Waals surface area contributed by atoms with E-state index in [1.807, 2.05) is 0 Å². The van der Waals surface area contributed by atoms with Crippen LogP contribution in [0.25, 0.3) is 0 Å². The van der Waals surface area contributed by atoms with Crippen LogP contribution in [0.15, 0.2) is 52.8 Å². The van der Waals surface area contributed by atoms with Crippen molar-refractivity contribution >= 4 is 35.4 Å². The van der Waals surface area contributed by atoms with Crippen molar-refractivity contribution in [2.45, 2.75) is 37.9 Å². The van der Waals surface area contributed by atoms with Gasteiger partial charge in [-0.25, -0.2) is 9.59 Å². The molecule has 0 aromatic heterocycles. The molecule has 31 heavy (non-hydrogen) atoms. The number of ether oxygens (including phenoxy) is 1. The first kappa shape index (κ1) is 22.4. The van der Waals surface area contributed by atoms with Gasteiger partial charge in [0, 0.05) is 16.8 Å². The van der Waals surface area contributed by atoms with Crippen LogP contribution in [0.2, 0.25) is 0 Å². The fourth-order valence-corrected chi connectivity index (χ4v) is 3.99. The summed E-state index contributed by atoms with van der Waals surface area (Å²) in [4.78, 5) is 49.8. The number of hydrogen-bond donors (Lipinski definition) is 3. The number of benzene rings is 1. The van der Waals surface area contributed by atoms with E-state index in [1.165, 1.54) is 13.2 Å². The summed E-state index contributed by atoms with van der Waals surface area (Å²) >= 11 is 6.00. The molecular formula is C21H22ClN3O6. The number of carbonyl (C=O) groups is 4. The van der Waals surface area contributed by atoms with Gasteiger partial charge in [0.25, 0.3) is 5.91 Å². The summed E-state index contributed by atoms with van der Waals surface area (Å²) in [6.45, 7) is 1.61. The highest BCUT2D eigenvalue weighted by atomic mass is 35.5. The van der Waals surface area contributed by atoms with E-state index in [-0.39, 0.29) is 10.7 Å². The molecule has 2 aliphatic heterocycles. The molecular weight excluding hydrogens is 426 g/mol. The maximum absolute atomic E-state index is 13.1. The molecule has 0 saturated carbocycles. The molecule has 1 aromatic carbocycles. The monoisotopic (exact) mass is 447 g/mol. The van der Waals surface area contributed by atoms with Gasteiger partial charge in [0.1, 0.15) is 17.8 Å². The summed E-state index contributed by atoms with van der Waals surface area (Å²) in [7, 11) is 1.25. The summed E-state index contributed by atoms with van der Waals surface area (Å²) in [6.07, 6.45) is 1.97. The first-order valence-electron chi connectivity index (χ1n) is 9.57. The minimum Gasteiger partial charge on any atom is -0.477 e. The molecule has 1 saturated heterocycles. The number of hydrogen-bond acceptors (Lipinski definition) is 6. The normalized spacial score (nSPS) is 21.6. The number of amides is 2. The number of rotatable bonds is 7. The Kier molecular flexibility index (Phi) is 6.65. The van der Waals surface area contributed by atoms with Crippen molar-refractivity contribution < 1.29 is 29.0 Å². The van der Waals surface area contributed by atoms with Crippen molar-refractivity contribution in [3.63, 3.8) is 0 Å². The first-order valence-corrected chi connectivity index (χ1v) is 9.95. The van der Waals surface area contributed by atoms with E-state index in [0.29, 0.717) is 24.1 Å². The first-order chi connectivity index (χ1) is 14.7. The summed E-state index contributed by atoms with van der Waals surface area (Å²) in [5, 5.41) is 15.2. The van der Waals surface area contributed by atoms with Gasteiger partial charge >= 0.3 is 11.9 Å². The Morgan fingerprint density at radius 3 is 2.58 bits per heavy atom.